The lowest BCUT2D eigenvalue weighted by atomic mass is 10.1. The van der Waals surface area contributed by atoms with E-state index in [1.807, 2.05) is 37.4 Å². The molecule has 6 nitrogen and oxygen atoms in total. The fourth-order valence-corrected chi connectivity index (χ4v) is 3.73. The van der Waals surface area contributed by atoms with E-state index >= 15 is 0 Å². The normalized spacial score (nSPS) is 15.1. The largest absolute Gasteiger partial charge is 0.379 e. The maximum Gasteiger partial charge on any atom is 0.272 e. The highest BCUT2D eigenvalue weighted by atomic mass is 79.9. The number of nitrogens with zero attached hydrogens (tertiary/aromatic N) is 3. The molecule has 1 N–H and O–H groups in total. The van der Waals surface area contributed by atoms with Crippen molar-refractivity contribution in [3.63, 3.8) is 0 Å². The molecule has 1 amide bonds. The number of carbonyl (C=O) groups excluding carboxylic acids is 1. The average Bonchev–Trinajstić information content (AvgIpc) is 3.04. The fourth-order valence-electron chi connectivity index (χ4n) is 3.46. The van der Waals surface area contributed by atoms with Gasteiger partial charge in [-0.2, -0.15) is 5.10 Å². The van der Waals surface area contributed by atoms with Crippen molar-refractivity contribution in [1.29, 1.82) is 0 Å². The summed E-state index contributed by atoms with van der Waals surface area (Å²) < 4.78 is 8.21. The molecule has 3 aromatic rings. The number of ether oxygens (including phenoxy) is 1. The number of carbonyl (C=O) groups is 1. The summed E-state index contributed by atoms with van der Waals surface area (Å²) in [5.74, 6) is -0.156. The lowest BCUT2D eigenvalue weighted by Crippen LogP contribution is -2.35. The summed E-state index contributed by atoms with van der Waals surface area (Å²) in [5, 5.41) is 8.34. The summed E-state index contributed by atoms with van der Waals surface area (Å²) in [6, 6.07) is 14.2. The van der Waals surface area contributed by atoms with E-state index < -0.39 is 0 Å². The summed E-state index contributed by atoms with van der Waals surface area (Å²) in [5.41, 5.74) is 3.66. The maximum absolute atomic E-state index is 12.8. The van der Waals surface area contributed by atoms with Gasteiger partial charge in [0.05, 0.1) is 18.7 Å². The molecule has 1 fully saturated rings. The van der Waals surface area contributed by atoms with E-state index in [-0.39, 0.29) is 5.91 Å². The Morgan fingerprint density at radius 2 is 1.86 bits per heavy atom. The number of amides is 1. The Morgan fingerprint density at radius 3 is 2.61 bits per heavy atom. The minimum absolute atomic E-state index is 0.156. The van der Waals surface area contributed by atoms with E-state index in [0.29, 0.717) is 12.2 Å². The predicted octanol–water partition coefficient (Wildman–Crippen LogP) is 3.10. The van der Waals surface area contributed by atoms with Crippen LogP contribution in [0, 0.1) is 0 Å². The van der Waals surface area contributed by atoms with Crippen LogP contribution in [-0.4, -0.2) is 46.9 Å². The first-order chi connectivity index (χ1) is 13.6. The fraction of sp³-hybridized carbons (Fsp3) is 0.333. The van der Waals surface area contributed by atoms with Crippen molar-refractivity contribution in [2.75, 3.05) is 26.3 Å². The van der Waals surface area contributed by atoms with E-state index in [1.165, 1.54) is 5.56 Å². The number of hydrogen-bond donors (Lipinski definition) is 1. The molecule has 0 bridgehead atoms. The number of fused-ring (bicyclic) bond motifs is 1. The second kappa shape index (κ2) is 8.43. The SMILES string of the molecule is Cn1nc(C(=O)NCc2ccc(Br)cc2)c2cc(CN3CCOCC3)ccc21. The van der Waals surface area contributed by atoms with E-state index in [9.17, 15) is 4.79 Å². The molecule has 28 heavy (non-hydrogen) atoms. The molecular formula is C21H23BrN4O2. The van der Waals surface area contributed by atoms with Gasteiger partial charge in [0.15, 0.2) is 5.69 Å². The van der Waals surface area contributed by atoms with Crippen LogP contribution < -0.4 is 5.32 Å². The summed E-state index contributed by atoms with van der Waals surface area (Å²) in [4.78, 5) is 15.2. The Kier molecular flexibility index (Phi) is 5.75. The number of aryl methyl sites for hydroxylation is 1. The molecule has 1 aromatic heterocycles. The first-order valence-corrected chi connectivity index (χ1v) is 10.2. The lowest BCUT2D eigenvalue weighted by Gasteiger charge is -2.26. The average molecular weight is 443 g/mol. The second-order valence-electron chi connectivity index (χ2n) is 7.02. The van der Waals surface area contributed by atoms with Crippen molar-refractivity contribution in [1.82, 2.24) is 20.0 Å². The quantitative estimate of drug-likeness (QED) is 0.659. The van der Waals surface area contributed by atoms with Gasteiger partial charge in [-0.15, -0.1) is 0 Å². The molecule has 1 aliphatic rings. The van der Waals surface area contributed by atoms with Crippen LogP contribution in [0.4, 0.5) is 0 Å². The first kappa shape index (κ1) is 19.1. The van der Waals surface area contributed by atoms with Gasteiger partial charge in [0.2, 0.25) is 0 Å². The van der Waals surface area contributed by atoms with E-state index in [4.69, 9.17) is 4.74 Å². The van der Waals surface area contributed by atoms with Gasteiger partial charge in [-0.1, -0.05) is 34.1 Å². The van der Waals surface area contributed by atoms with Crippen LogP contribution in [-0.2, 0) is 24.9 Å². The highest BCUT2D eigenvalue weighted by Crippen LogP contribution is 2.21. The van der Waals surface area contributed by atoms with Crippen LogP contribution >= 0.6 is 15.9 Å². The van der Waals surface area contributed by atoms with Gasteiger partial charge in [0, 0.05) is 43.1 Å². The highest BCUT2D eigenvalue weighted by Gasteiger charge is 2.17. The van der Waals surface area contributed by atoms with Gasteiger partial charge in [-0.3, -0.25) is 14.4 Å². The van der Waals surface area contributed by atoms with E-state index in [0.717, 1.165) is 53.8 Å². The number of aromatic nitrogens is 2. The maximum atomic E-state index is 12.8. The third-order valence-corrected chi connectivity index (χ3v) is 5.53. The molecule has 0 saturated carbocycles. The van der Waals surface area contributed by atoms with Crippen molar-refractivity contribution in [2.45, 2.75) is 13.1 Å². The first-order valence-electron chi connectivity index (χ1n) is 9.38. The molecule has 146 valence electrons. The minimum atomic E-state index is -0.156. The number of hydrogen-bond acceptors (Lipinski definition) is 4. The number of morpholine rings is 1. The highest BCUT2D eigenvalue weighted by molar-refractivity contribution is 9.10. The van der Waals surface area contributed by atoms with Gasteiger partial charge < -0.3 is 10.1 Å². The Morgan fingerprint density at radius 1 is 1.14 bits per heavy atom. The monoisotopic (exact) mass is 442 g/mol. The molecule has 0 atom stereocenters. The molecular weight excluding hydrogens is 420 g/mol. The molecule has 2 heterocycles. The van der Waals surface area contributed by atoms with E-state index in [2.05, 4.69) is 43.4 Å². The van der Waals surface area contributed by atoms with Crippen LogP contribution in [0.5, 0.6) is 0 Å². The third-order valence-electron chi connectivity index (χ3n) is 5.01. The number of nitrogens with one attached hydrogen (secondary N) is 1. The van der Waals surface area contributed by atoms with Crippen LogP contribution in [0.3, 0.4) is 0 Å². The minimum Gasteiger partial charge on any atom is -0.379 e. The molecule has 1 saturated heterocycles. The molecule has 0 spiro atoms. The Bertz CT molecular complexity index is 978. The number of benzene rings is 2. The zero-order chi connectivity index (χ0) is 19.5. The molecule has 4 rings (SSSR count). The molecule has 7 heteroatoms. The summed E-state index contributed by atoms with van der Waals surface area (Å²) in [6.45, 7) is 4.75. The summed E-state index contributed by atoms with van der Waals surface area (Å²) >= 11 is 3.42. The third kappa shape index (κ3) is 4.27. The molecule has 2 aromatic carbocycles. The van der Waals surface area contributed by atoms with Crippen molar-refractivity contribution in [2.24, 2.45) is 7.05 Å². The predicted molar refractivity (Wildman–Crippen MR) is 112 cm³/mol. The molecule has 0 unspecified atom stereocenters. The van der Waals surface area contributed by atoms with Crippen molar-refractivity contribution >= 4 is 32.7 Å². The zero-order valence-corrected chi connectivity index (χ0v) is 17.4. The Hall–Kier alpha value is -2.22. The Labute approximate surface area is 172 Å². The van der Waals surface area contributed by atoms with Crippen LogP contribution in [0.15, 0.2) is 46.9 Å². The van der Waals surface area contributed by atoms with Gasteiger partial charge in [0.25, 0.3) is 5.91 Å². The van der Waals surface area contributed by atoms with Crippen molar-refractivity contribution in [3.05, 3.63) is 63.8 Å². The van der Waals surface area contributed by atoms with Crippen LogP contribution in [0.25, 0.3) is 10.9 Å². The number of rotatable bonds is 5. The van der Waals surface area contributed by atoms with Crippen LogP contribution in [0.1, 0.15) is 21.6 Å². The zero-order valence-electron chi connectivity index (χ0n) is 15.8. The van der Waals surface area contributed by atoms with Crippen molar-refractivity contribution < 1.29 is 9.53 Å². The molecule has 1 aliphatic heterocycles. The van der Waals surface area contributed by atoms with Crippen molar-refractivity contribution in [3.8, 4) is 0 Å². The van der Waals surface area contributed by atoms with Crippen LogP contribution in [0.2, 0.25) is 0 Å². The molecule has 0 radical (unpaired) electrons. The van der Waals surface area contributed by atoms with Gasteiger partial charge in [-0.25, -0.2) is 0 Å². The summed E-state index contributed by atoms with van der Waals surface area (Å²) in [6.07, 6.45) is 0. The second-order valence-corrected chi connectivity index (χ2v) is 7.94. The molecule has 0 aliphatic carbocycles. The smallest absolute Gasteiger partial charge is 0.272 e. The van der Waals surface area contributed by atoms with Gasteiger partial charge >= 0.3 is 0 Å². The Balaban J connectivity index is 1.52. The number of halogens is 1. The topological polar surface area (TPSA) is 59.4 Å². The van der Waals surface area contributed by atoms with Gasteiger partial charge in [-0.05, 0) is 35.4 Å². The summed E-state index contributed by atoms with van der Waals surface area (Å²) in [7, 11) is 1.87. The lowest BCUT2D eigenvalue weighted by molar-refractivity contribution is 0.0342. The van der Waals surface area contributed by atoms with Gasteiger partial charge in [0.1, 0.15) is 0 Å². The standard InChI is InChI=1S/C21H23BrN4O2/c1-25-19-7-4-16(14-26-8-10-28-11-9-26)12-18(19)20(24-25)21(27)23-13-15-2-5-17(22)6-3-15/h2-7,12H,8-11,13-14H2,1H3,(H,23,27). The van der Waals surface area contributed by atoms with E-state index in [1.54, 1.807) is 4.68 Å².